The number of esters is 1. The summed E-state index contributed by atoms with van der Waals surface area (Å²) in [4.78, 5) is 12.0. The predicted octanol–water partition coefficient (Wildman–Crippen LogP) is 2.07. The van der Waals surface area contributed by atoms with E-state index in [-0.39, 0.29) is 5.97 Å². The van der Waals surface area contributed by atoms with E-state index in [1.807, 2.05) is 13.0 Å². The van der Waals surface area contributed by atoms with Crippen molar-refractivity contribution in [1.29, 1.82) is 0 Å². The summed E-state index contributed by atoms with van der Waals surface area (Å²) in [5.41, 5.74) is 6.57. The third-order valence-electron chi connectivity index (χ3n) is 1.67. The maximum Gasteiger partial charge on any atom is 0.348 e. The zero-order chi connectivity index (χ0) is 9.84. The lowest BCUT2D eigenvalue weighted by Crippen LogP contribution is -2.04. The molecule has 0 saturated heterocycles. The number of nitrogen functional groups attached to an aromatic ring is 1. The van der Waals surface area contributed by atoms with Gasteiger partial charge in [-0.3, -0.25) is 0 Å². The smallest absolute Gasteiger partial charge is 0.348 e. The lowest BCUT2D eigenvalue weighted by Gasteiger charge is -2.00. The van der Waals surface area contributed by atoms with Crippen molar-refractivity contribution >= 4 is 22.3 Å². The fraction of sp³-hybridized carbons (Fsp3) is 0.444. The van der Waals surface area contributed by atoms with Gasteiger partial charge in [-0.2, -0.15) is 0 Å². The first-order valence-corrected chi connectivity index (χ1v) is 5.06. The number of rotatable bonds is 3. The first kappa shape index (κ1) is 10.1. The lowest BCUT2D eigenvalue weighted by atomic mass is 10.2. The minimum absolute atomic E-state index is 0.263. The van der Waals surface area contributed by atoms with Crippen LogP contribution in [0.25, 0.3) is 0 Å². The Hall–Kier alpha value is -1.03. The highest BCUT2D eigenvalue weighted by Gasteiger charge is 2.14. The average Bonchev–Trinajstić information content (AvgIpc) is 2.47. The second-order valence-electron chi connectivity index (χ2n) is 2.58. The largest absolute Gasteiger partial charge is 0.462 e. The van der Waals surface area contributed by atoms with Crippen LogP contribution in [0, 0.1) is 0 Å². The summed E-state index contributed by atoms with van der Waals surface area (Å²) in [5, 5.41) is 0.667. The standard InChI is InChI=1S/C9H13NO2S/c1-3-6-5-7(10)13-8(6)9(11)12-4-2/h5H,3-4,10H2,1-2H3. The molecule has 0 unspecified atom stereocenters. The van der Waals surface area contributed by atoms with Gasteiger partial charge >= 0.3 is 5.97 Å². The van der Waals surface area contributed by atoms with Crippen molar-refractivity contribution in [3.63, 3.8) is 0 Å². The van der Waals surface area contributed by atoms with Gasteiger partial charge in [0.15, 0.2) is 0 Å². The molecule has 1 aromatic rings. The Morgan fingerprint density at radius 2 is 2.31 bits per heavy atom. The van der Waals surface area contributed by atoms with Crippen LogP contribution in [0.3, 0.4) is 0 Å². The van der Waals surface area contributed by atoms with E-state index in [1.165, 1.54) is 11.3 Å². The molecule has 1 heterocycles. The minimum Gasteiger partial charge on any atom is -0.462 e. The van der Waals surface area contributed by atoms with Crippen LogP contribution in [0.15, 0.2) is 6.07 Å². The fourth-order valence-corrected chi connectivity index (χ4v) is 2.00. The molecule has 0 aliphatic heterocycles. The van der Waals surface area contributed by atoms with Gasteiger partial charge in [-0.05, 0) is 25.0 Å². The highest BCUT2D eigenvalue weighted by atomic mass is 32.1. The maximum atomic E-state index is 11.4. The second-order valence-corrected chi connectivity index (χ2v) is 3.66. The van der Waals surface area contributed by atoms with Crippen molar-refractivity contribution < 1.29 is 9.53 Å². The van der Waals surface area contributed by atoms with Crippen LogP contribution in [-0.2, 0) is 11.2 Å². The molecule has 3 nitrogen and oxygen atoms in total. The molecule has 1 aromatic heterocycles. The number of anilines is 1. The van der Waals surface area contributed by atoms with E-state index in [4.69, 9.17) is 10.5 Å². The Kier molecular flexibility index (Phi) is 3.31. The summed E-state index contributed by atoms with van der Waals surface area (Å²) in [5.74, 6) is -0.263. The molecule has 0 aromatic carbocycles. The SMILES string of the molecule is CCOC(=O)c1sc(N)cc1CC. The van der Waals surface area contributed by atoms with Crippen LogP contribution in [0.5, 0.6) is 0 Å². The van der Waals surface area contributed by atoms with E-state index in [0.29, 0.717) is 16.5 Å². The number of carbonyl (C=O) groups excluding carboxylic acids is 1. The number of thiophene rings is 1. The number of nitrogens with two attached hydrogens (primary N) is 1. The van der Waals surface area contributed by atoms with E-state index in [1.54, 1.807) is 6.92 Å². The Balaban J connectivity index is 2.91. The van der Waals surface area contributed by atoms with E-state index in [0.717, 1.165) is 12.0 Å². The van der Waals surface area contributed by atoms with Crippen molar-refractivity contribution in [2.24, 2.45) is 0 Å². The number of hydrogen-bond acceptors (Lipinski definition) is 4. The Morgan fingerprint density at radius 1 is 1.62 bits per heavy atom. The van der Waals surface area contributed by atoms with Gasteiger partial charge in [-0.1, -0.05) is 6.92 Å². The van der Waals surface area contributed by atoms with Crippen LogP contribution in [-0.4, -0.2) is 12.6 Å². The Labute approximate surface area is 81.5 Å². The molecule has 0 bridgehead atoms. The molecule has 0 spiro atoms. The zero-order valence-electron chi connectivity index (χ0n) is 7.79. The molecular formula is C9H13NO2S. The van der Waals surface area contributed by atoms with Crippen molar-refractivity contribution in [2.45, 2.75) is 20.3 Å². The molecule has 0 atom stereocenters. The minimum atomic E-state index is -0.263. The van der Waals surface area contributed by atoms with Gasteiger partial charge in [-0.15, -0.1) is 11.3 Å². The summed E-state index contributed by atoms with van der Waals surface area (Å²) < 4.78 is 4.90. The topological polar surface area (TPSA) is 52.3 Å². The van der Waals surface area contributed by atoms with Gasteiger partial charge in [0, 0.05) is 0 Å². The van der Waals surface area contributed by atoms with E-state index in [2.05, 4.69) is 0 Å². The average molecular weight is 199 g/mol. The second kappa shape index (κ2) is 4.28. The van der Waals surface area contributed by atoms with Gasteiger partial charge in [0.05, 0.1) is 11.6 Å². The summed E-state index contributed by atoms with van der Waals surface area (Å²) in [7, 11) is 0. The van der Waals surface area contributed by atoms with Crippen molar-refractivity contribution in [3.05, 3.63) is 16.5 Å². The molecule has 0 fully saturated rings. The molecule has 0 aliphatic carbocycles. The van der Waals surface area contributed by atoms with Crippen molar-refractivity contribution in [3.8, 4) is 0 Å². The first-order valence-electron chi connectivity index (χ1n) is 4.24. The lowest BCUT2D eigenvalue weighted by molar-refractivity contribution is 0.0531. The molecule has 0 radical (unpaired) electrons. The van der Waals surface area contributed by atoms with Crippen LogP contribution >= 0.6 is 11.3 Å². The van der Waals surface area contributed by atoms with Gasteiger partial charge < -0.3 is 10.5 Å². The van der Waals surface area contributed by atoms with Gasteiger partial charge in [0.1, 0.15) is 4.88 Å². The van der Waals surface area contributed by atoms with Crippen LogP contribution < -0.4 is 5.73 Å². The summed E-state index contributed by atoms with van der Waals surface area (Å²) in [6, 6.07) is 1.83. The monoisotopic (exact) mass is 199 g/mol. The summed E-state index contributed by atoms with van der Waals surface area (Å²) in [6.45, 7) is 4.19. The van der Waals surface area contributed by atoms with Gasteiger partial charge in [-0.25, -0.2) is 4.79 Å². The predicted molar refractivity (Wildman–Crippen MR) is 54.1 cm³/mol. The third-order valence-corrected chi connectivity index (χ3v) is 2.66. The molecule has 4 heteroatoms. The molecule has 2 N–H and O–H groups in total. The van der Waals surface area contributed by atoms with E-state index in [9.17, 15) is 4.79 Å². The molecule has 72 valence electrons. The molecule has 0 saturated carbocycles. The maximum absolute atomic E-state index is 11.4. The number of ether oxygens (including phenoxy) is 1. The van der Waals surface area contributed by atoms with Crippen LogP contribution in [0.4, 0.5) is 5.00 Å². The molecular weight excluding hydrogens is 186 g/mol. The molecule has 0 amide bonds. The molecule has 1 rings (SSSR count). The number of aryl methyl sites for hydroxylation is 1. The zero-order valence-corrected chi connectivity index (χ0v) is 8.61. The first-order chi connectivity index (χ1) is 6.19. The van der Waals surface area contributed by atoms with E-state index < -0.39 is 0 Å². The molecule has 13 heavy (non-hydrogen) atoms. The van der Waals surface area contributed by atoms with Crippen LogP contribution in [0.1, 0.15) is 29.1 Å². The number of hydrogen-bond donors (Lipinski definition) is 1. The number of carbonyl (C=O) groups is 1. The van der Waals surface area contributed by atoms with Gasteiger partial charge in [0.2, 0.25) is 0 Å². The Bertz CT molecular complexity index is 307. The normalized spacial score (nSPS) is 10.0. The highest BCUT2D eigenvalue weighted by molar-refractivity contribution is 7.17. The van der Waals surface area contributed by atoms with Gasteiger partial charge in [0.25, 0.3) is 0 Å². The Morgan fingerprint density at radius 3 is 2.85 bits per heavy atom. The summed E-state index contributed by atoms with van der Waals surface area (Å²) >= 11 is 1.29. The van der Waals surface area contributed by atoms with Crippen molar-refractivity contribution in [2.75, 3.05) is 12.3 Å². The van der Waals surface area contributed by atoms with Crippen molar-refractivity contribution in [1.82, 2.24) is 0 Å². The highest BCUT2D eigenvalue weighted by Crippen LogP contribution is 2.25. The van der Waals surface area contributed by atoms with E-state index >= 15 is 0 Å². The third kappa shape index (κ3) is 2.21. The quantitative estimate of drug-likeness (QED) is 0.758. The fourth-order valence-electron chi connectivity index (χ4n) is 1.08. The summed E-state index contributed by atoms with van der Waals surface area (Å²) in [6.07, 6.45) is 0.807. The molecule has 0 aliphatic rings. The van der Waals surface area contributed by atoms with Crippen LogP contribution in [0.2, 0.25) is 0 Å².